The first-order valence-corrected chi connectivity index (χ1v) is 5.83. The van der Waals surface area contributed by atoms with Crippen molar-refractivity contribution in [1.82, 2.24) is 4.98 Å². The van der Waals surface area contributed by atoms with Crippen molar-refractivity contribution in [3.05, 3.63) is 41.8 Å². The van der Waals surface area contributed by atoms with Crippen LogP contribution in [0, 0.1) is 12.7 Å². The Morgan fingerprint density at radius 1 is 1.26 bits per heavy atom. The zero-order chi connectivity index (χ0) is 14.0. The van der Waals surface area contributed by atoms with Crippen molar-refractivity contribution in [3.8, 4) is 5.75 Å². The number of rotatable bonds is 3. The normalized spacial score (nSPS) is 10.3. The van der Waals surface area contributed by atoms with Gasteiger partial charge >= 0.3 is 0 Å². The summed E-state index contributed by atoms with van der Waals surface area (Å²) in [6.07, 6.45) is 0. The first-order valence-electron chi connectivity index (χ1n) is 5.83. The van der Waals surface area contributed by atoms with Crippen LogP contribution in [0.3, 0.4) is 0 Å². The number of nitrogens with two attached hydrogens (primary N) is 1. The number of nitrogen functional groups attached to an aromatic ring is 1. The Balaban J connectivity index is 2.45. The number of halogens is 1. The molecule has 0 spiro atoms. The number of hydrogen-bond donors (Lipinski definition) is 1. The molecular formula is C14H16FN3O. The van der Waals surface area contributed by atoms with Crippen LogP contribution in [-0.4, -0.2) is 19.1 Å². The highest BCUT2D eigenvalue weighted by atomic mass is 19.1. The second-order valence-corrected chi connectivity index (χ2v) is 4.22. The van der Waals surface area contributed by atoms with Crippen LogP contribution in [0.4, 0.5) is 21.6 Å². The minimum Gasteiger partial charge on any atom is -0.495 e. The van der Waals surface area contributed by atoms with Gasteiger partial charge in [0.2, 0.25) is 0 Å². The van der Waals surface area contributed by atoms with Gasteiger partial charge in [-0.25, -0.2) is 9.37 Å². The Hall–Kier alpha value is -2.30. The van der Waals surface area contributed by atoms with Crippen LogP contribution in [0.25, 0.3) is 0 Å². The molecule has 5 heteroatoms. The van der Waals surface area contributed by atoms with E-state index in [0.29, 0.717) is 22.9 Å². The Bertz CT molecular complexity index is 601. The fourth-order valence-corrected chi connectivity index (χ4v) is 1.79. The van der Waals surface area contributed by atoms with E-state index in [1.807, 2.05) is 6.92 Å². The highest BCUT2D eigenvalue weighted by Crippen LogP contribution is 2.32. The molecule has 4 nitrogen and oxygen atoms in total. The van der Waals surface area contributed by atoms with Crippen molar-refractivity contribution in [2.45, 2.75) is 6.92 Å². The minimum atomic E-state index is -0.324. The van der Waals surface area contributed by atoms with Gasteiger partial charge < -0.3 is 15.4 Å². The van der Waals surface area contributed by atoms with Gasteiger partial charge in [0.25, 0.3) is 0 Å². The summed E-state index contributed by atoms with van der Waals surface area (Å²) in [6, 6.07) is 7.92. The second kappa shape index (κ2) is 5.14. The van der Waals surface area contributed by atoms with Gasteiger partial charge in [-0.2, -0.15) is 0 Å². The summed E-state index contributed by atoms with van der Waals surface area (Å²) < 4.78 is 18.6. The van der Waals surface area contributed by atoms with Gasteiger partial charge in [-0.05, 0) is 31.2 Å². The lowest BCUT2D eigenvalue weighted by atomic mass is 10.2. The smallest absolute Gasteiger partial charge is 0.142 e. The van der Waals surface area contributed by atoms with Crippen molar-refractivity contribution >= 4 is 17.2 Å². The highest BCUT2D eigenvalue weighted by molar-refractivity contribution is 5.67. The number of ether oxygens (including phenoxy) is 1. The van der Waals surface area contributed by atoms with Gasteiger partial charge in [-0.3, -0.25) is 0 Å². The number of pyridine rings is 1. The first-order chi connectivity index (χ1) is 9.02. The molecule has 0 aliphatic carbocycles. The van der Waals surface area contributed by atoms with Crippen LogP contribution in [0.5, 0.6) is 5.75 Å². The standard InChI is InChI=1S/C14H16FN3O/c1-9-11(16)5-7-14(17-9)18(2)12-8-10(15)4-6-13(12)19-3/h4-8H,16H2,1-3H3. The lowest BCUT2D eigenvalue weighted by molar-refractivity contribution is 0.414. The Morgan fingerprint density at radius 3 is 2.63 bits per heavy atom. The molecule has 0 radical (unpaired) electrons. The number of methoxy groups -OCH3 is 1. The summed E-state index contributed by atoms with van der Waals surface area (Å²) >= 11 is 0. The van der Waals surface area contributed by atoms with Gasteiger partial charge in [-0.1, -0.05) is 0 Å². The highest BCUT2D eigenvalue weighted by Gasteiger charge is 2.13. The van der Waals surface area contributed by atoms with Gasteiger partial charge in [0.05, 0.1) is 24.2 Å². The summed E-state index contributed by atoms with van der Waals surface area (Å²) in [7, 11) is 3.35. The fourth-order valence-electron chi connectivity index (χ4n) is 1.79. The third kappa shape index (κ3) is 2.59. The molecule has 1 heterocycles. The third-order valence-corrected chi connectivity index (χ3v) is 2.96. The van der Waals surface area contributed by atoms with Gasteiger partial charge in [0.15, 0.2) is 0 Å². The van der Waals surface area contributed by atoms with E-state index in [4.69, 9.17) is 10.5 Å². The molecule has 0 unspecified atom stereocenters. The van der Waals surface area contributed by atoms with E-state index in [1.54, 1.807) is 37.3 Å². The molecular weight excluding hydrogens is 245 g/mol. The quantitative estimate of drug-likeness (QED) is 0.923. The van der Waals surface area contributed by atoms with Gasteiger partial charge in [-0.15, -0.1) is 0 Å². The summed E-state index contributed by atoms with van der Waals surface area (Å²) in [6.45, 7) is 1.83. The minimum absolute atomic E-state index is 0.324. The van der Waals surface area contributed by atoms with Crippen LogP contribution >= 0.6 is 0 Å². The van der Waals surface area contributed by atoms with Crippen LogP contribution in [-0.2, 0) is 0 Å². The van der Waals surface area contributed by atoms with Crippen molar-refractivity contribution < 1.29 is 9.13 Å². The molecule has 0 amide bonds. The second-order valence-electron chi connectivity index (χ2n) is 4.22. The van der Waals surface area contributed by atoms with E-state index in [2.05, 4.69) is 4.98 Å². The molecule has 19 heavy (non-hydrogen) atoms. The maximum atomic E-state index is 13.4. The maximum Gasteiger partial charge on any atom is 0.142 e. The van der Waals surface area contributed by atoms with Crippen molar-refractivity contribution in [3.63, 3.8) is 0 Å². The summed E-state index contributed by atoms with van der Waals surface area (Å²) in [5.41, 5.74) is 7.72. The Morgan fingerprint density at radius 2 is 2.00 bits per heavy atom. The largest absolute Gasteiger partial charge is 0.495 e. The van der Waals surface area contributed by atoms with E-state index in [-0.39, 0.29) is 5.82 Å². The number of aromatic nitrogens is 1. The Labute approximate surface area is 111 Å². The van der Waals surface area contributed by atoms with E-state index in [1.165, 1.54) is 12.1 Å². The Kier molecular flexibility index (Phi) is 3.55. The molecule has 0 saturated heterocycles. The average Bonchev–Trinajstić information content (AvgIpc) is 2.41. The predicted octanol–water partition coefficient (Wildman–Crippen LogP) is 2.89. The van der Waals surface area contributed by atoms with Crippen LogP contribution < -0.4 is 15.4 Å². The summed E-state index contributed by atoms with van der Waals surface area (Å²) in [5, 5.41) is 0. The van der Waals surface area contributed by atoms with E-state index in [0.717, 1.165) is 5.69 Å². The molecule has 100 valence electrons. The van der Waals surface area contributed by atoms with E-state index >= 15 is 0 Å². The van der Waals surface area contributed by atoms with Gasteiger partial charge in [0, 0.05) is 13.1 Å². The molecule has 2 N–H and O–H groups in total. The zero-order valence-corrected chi connectivity index (χ0v) is 11.1. The first kappa shape index (κ1) is 13.1. The zero-order valence-electron chi connectivity index (χ0n) is 11.1. The molecule has 0 fully saturated rings. The fraction of sp³-hybridized carbons (Fsp3) is 0.214. The predicted molar refractivity (Wildman–Crippen MR) is 74.4 cm³/mol. The molecule has 0 atom stereocenters. The number of anilines is 3. The molecule has 2 rings (SSSR count). The summed E-state index contributed by atoms with van der Waals surface area (Å²) in [5.74, 6) is 0.936. The SMILES string of the molecule is COc1ccc(F)cc1N(C)c1ccc(N)c(C)n1. The van der Waals surface area contributed by atoms with Crippen molar-refractivity contribution in [1.29, 1.82) is 0 Å². The number of nitrogens with zero attached hydrogens (tertiary/aromatic N) is 2. The van der Waals surface area contributed by atoms with Crippen LogP contribution in [0.15, 0.2) is 30.3 Å². The lowest BCUT2D eigenvalue weighted by Gasteiger charge is -2.21. The summed E-state index contributed by atoms with van der Waals surface area (Å²) in [4.78, 5) is 6.14. The third-order valence-electron chi connectivity index (χ3n) is 2.96. The monoisotopic (exact) mass is 261 g/mol. The lowest BCUT2D eigenvalue weighted by Crippen LogP contribution is -2.13. The number of aryl methyl sites for hydroxylation is 1. The van der Waals surface area contributed by atoms with Crippen LogP contribution in [0.2, 0.25) is 0 Å². The molecule has 1 aromatic heterocycles. The average molecular weight is 261 g/mol. The molecule has 0 saturated carbocycles. The molecule has 0 bridgehead atoms. The topological polar surface area (TPSA) is 51.4 Å². The van der Waals surface area contributed by atoms with Gasteiger partial charge in [0.1, 0.15) is 17.4 Å². The maximum absolute atomic E-state index is 13.4. The number of benzene rings is 1. The van der Waals surface area contributed by atoms with Crippen molar-refractivity contribution in [2.75, 3.05) is 24.8 Å². The van der Waals surface area contributed by atoms with E-state index < -0.39 is 0 Å². The molecule has 1 aromatic carbocycles. The molecule has 0 aliphatic rings. The molecule has 2 aromatic rings. The van der Waals surface area contributed by atoms with Crippen molar-refractivity contribution in [2.24, 2.45) is 0 Å². The number of hydrogen-bond acceptors (Lipinski definition) is 4. The van der Waals surface area contributed by atoms with Crippen LogP contribution in [0.1, 0.15) is 5.69 Å². The van der Waals surface area contributed by atoms with E-state index in [9.17, 15) is 4.39 Å². The molecule has 0 aliphatic heterocycles.